The van der Waals surface area contributed by atoms with Crippen molar-refractivity contribution in [3.63, 3.8) is 0 Å². The van der Waals surface area contributed by atoms with E-state index in [1.54, 1.807) is 11.6 Å². The van der Waals surface area contributed by atoms with Gasteiger partial charge in [0.15, 0.2) is 0 Å². The van der Waals surface area contributed by atoms with E-state index in [9.17, 15) is 12.8 Å². The first kappa shape index (κ1) is 14.5. The van der Waals surface area contributed by atoms with Gasteiger partial charge in [0.1, 0.15) is 10.7 Å². The maximum absolute atomic E-state index is 12.9. The van der Waals surface area contributed by atoms with Gasteiger partial charge in [0.25, 0.3) is 10.0 Å². The zero-order chi connectivity index (χ0) is 14.9. The van der Waals surface area contributed by atoms with E-state index in [2.05, 4.69) is 0 Å². The van der Waals surface area contributed by atoms with E-state index in [0.29, 0.717) is 11.4 Å². The van der Waals surface area contributed by atoms with E-state index in [-0.39, 0.29) is 11.5 Å². The van der Waals surface area contributed by atoms with Crippen LogP contribution in [0.15, 0.2) is 41.4 Å². The number of hydrogen-bond acceptors (Lipinski definition) is 3. The summed E-state index contributed by atoms with van der Waals surface area (Å²) >= 11 is 0. The molecular formula is C13H15FN2O3S. The van der Waals surface area contributed by atoms with Gasteiger partial charge < -0.3 is 9.67 Å². The summed E-state index contributed by atoms with van der Waals surface area (Å²) in [7, 11) is -0.685. The van der Waals surface area contributed by atoms with Crippen molar-refractivity contribution in [2.45, 2.75) is 11.5 Å². The second-order valence-corrected chi connectivity index (χ2v) is 6.35. The Morgan fingerprint density at radius 1 is 1.30 bits per heavy atom. The number of benzene rings is 1. The number of aryl methyl sites for hydroxylation is 1. The first-order valence-electron chi connectivity index (χ1n) is 5.87. The Bertz CT molecular complexity index is 708. The third-order valence-corrected chi connectivity index (χ3v) is 4.84. The van der Waals surface area contributed by atoms with Crippen molar-refractivity contribution >= 4 is 15.7 Å². The highest BCUT2D eigenvalue weighted by molar-refractivity contribution is 7.92. The van der Waals surface area contributed by atoms with Crippen LogP contribution in [0.2, 0.25) is 0 Å². The monoisotopic (exact) mass is 298 g/mol. The van der Waals surface area contributed by atoms with Crippen LogP contribution in [0, 0.1) is 5.82 Å². The van der Waals surface area contributed by atoms with Crippen molar-refractivity contribution in [1.82, 2.24) is 4.57 Å². The van der Waals surface area contributed by atoms with Gasteiger partial charge >= 0.3 is 0 Å². The van der Waals surface area contributed by atoms with Crippen molar-refractivity contribution in [2.24, 2.45) is 7.05 Å². The molecule has 0 saturated heterocycles. The molecule has 1 aromatic heterocycles. The first-order chi connectivity index (χ1) is 9.36. The topological polar surface area (TPSA) is 62.5 Å². The molecule has 0 fully saturated rings. The number of hydrogen-bond donors (Lipinski definition) is 1. The number of anilines is 1. The molecule has 1 N–H and O–H groups in total. The maximum Gasteiger partial charge on any atom is 0.265 e. The molecule has 0 spiro atoms. The average Bonchev–Trinajstić information content (AvgIpc) is 2.80. The zero-order valence-electron chi connectivity index (χ0n) is 11.1. The molecule has 0 atom stereocenters. The summed E-state index contributed by atoms with van der Waals surface area (Å²) in [5.41, 5.74) is 0.858. The number of aliphatic hydroxyl groups excluding tert-OH is 1. The van der Waals surface area contributed by atoms with Gasteiger partial charge in [0.05, 0.1) is 12.3 Å². The number of aliphatic hydroxyl groups is 1. The van der Waals surface area contributed by atoms with Gasteiger partial charge in [0.2, 0.25) is 0 Å². The Balaban J connectivity index is 2.40. The number of halogens is 1. The molecule has 108 valence electrons. The SMILES string of the molecule is CN(c1ccc(F)cc1)S(=O)(=O)c1cc(CO)n(C)c1. The van der Waals surface area contributed by atoms with Gasteiger partial charge in [-0.2, -0.15) is 0 Å². The molecule has 0 amide bonds. The van der Waals surface area contributed by atoms with E-state index < -0.39 is 15.8 Å². The molecule has 20 heavy (non-hydrogen) atoms. The quantitative estimate of drug-likeness (QED) is 0.930. The lowest BCUT2D eigenvalue weighted by Crippen LogP contribution is -2.26. The van der Waals surface area contributed by atoms with Crippen LogP contribution < -0.4 is 4.31 Å². The van der Waals surface area contributed by atoms with Gasteiger partial charge in [-0.3, -0.25) is 4.31 Å². The third kappa shape index (κ3) is 2.54. The first-order valence-corrected chi connectivity index (χ1v) is 7.31. The summed E-state index contributed by atoms with van der Waals surface area (Å²) in [6.45, 7) is -0.244. The van der Waals surface area contributed by atoms with Gasteiger partial charge in [-0.1, -0.05) is 0 Å². The van der Waals surface area contributed by atoms with E-state index in [1.165, 1.54) is 43.6 Å². The van der Waals surface area contributed by atoms with Crippen molar-refractivity contribution < 1.29 is 17.9 Å². The fourth-order valence-corrected chi connectivity index (χ4v) is 3.11. The minimum Gasteiger partial charge on any atom is -0.390 e. The molecule has 0 saturated carbocycles. The van der Waals surface area contributed by atoms with Crippen LogP contribution in [0.25, 0.3) is 0 Å². The maximum atomic E-state index is 12.9. The van der Waals surface area contributed by atoms with Crippen LogP contribution in [-0.2, 0) is 23.7 Å². The van der Waals surface area contributed by atoms with Crippen LogP contribution in [0.3, 0.4) is 0 Å². The molecule has 2 rings (SSSR count). The predicted molar refractivity (Wildman–Crippen MR) is 73.3 cm³/mol. The zero-order valence-corrected chi connectivity index (χ0v) is 11.9. The summed E-state index contributed by atoms with van der Waals surface area (Å²) in [4.78, 5) is 0.0795. The molecule has 0 bridgehead atoms. The molecule has 7 heteroatoms. The van der Waals surface area contributed by atoms with E-state index in [1.807, 2.05) is 0 Å². The summed E-state index contributed by atoms with van der Waals surface area (Å²) in [6.07, 6.45) is 1.43. The van der Waals surface area contributed by atoms with Gasteiger partial charge in [-0.15, -0.1) is 0 Å². The standard InChI is InChI=1S/C13H15FN2O3S/c1-15-8-13(7-12(15)9-17)20(18,19)16(2)11-5-3-10(14)4-6-11/h3-8,17H,9H2,1-2H3. The fourth-order valence-electron chi connectivity index (χ4n) is 1.82. The molecular weight excluding hydrogens is 283 g/mol. The molecule has 0 aliphatic carbocycles. The summed E-state index contributed by atoms with van der Waals surface area (Å²) in [5, 5.41) is 9.11. The van der Waals surface area contributed by atoms with Crippen LogP contribution in [-0.4, -0.2) is 25.1 Å². The predicted octanol–water partition coefficient (Wildman–Crippen LogP) is 1.48. The van der Waals surface area contributed by atoms with Crippen molar-refractivity contribution in [3.8, 4) is 0 Å². The molecule has 0 radical (unpaired) electrons. The second-order valence-electron chi connectivity index (χ2n) is 4.39. The Hall–Kier alpha value is -1.86. The molecule has 0 aliphatic heterocycles. The molecule has 0 aliphatic rings. The minimum absolute atomic E-state index is 0.0795. The van der Waals surface area contributed by atoms with Crippen molar-refractivity contribution in [1.29, 1.82) is 0 Å². The third-order valence-electron chi connectivity index (χ3n) is 3.09. The smallest absolute Gasteiger partial charge is 0.265 e. The highest BCUT2D eigenvalue weighted by Gasteiger charge is 2.23. The van der Waals surface area contributed by atoms with Gasteiger partial charge in [0, 0.05) is 26.0 Å². The average molecular weight is 298 g/mol. The Morgan fingerprint density at radius 3 is 2.40 bits per heavy atom. The Labute approximate surface area is 116 Å². The van der Waals surface area contributed by atoms with Crippen LogP contribution in [0.4, 0.5) is 10.1 Å². The largest absolute Gasteiger partial charge is 0.390 e. The highest BCUT2D eigenvalue weighted by Crippen LogP contribution is 2.23. The second kappa shape index (κ2) is 5.26. The number of sulfonamides is 1. The number of aromatic nitrogens is 1. The lowest BCUT2D eigenvalue weighted by atomic mass is 10.3. The highest BCUT2D eigenvalue weighted by atomic mass is 32.2. The summed E-state index contributed by atoms with van der Waals surface area (Å²) in [5.74, 6) is -0.429. The fraction of sp³-hybridized carbons (Fsp3) is 0.231. The molecule has 1 aromatic carbocycles. The Kier molecular flexibility index (Phi) is 3.82. The number of nitrogens with zero attached hydrogens (tertiary/aromatic N) is 2. The van der Waals surface area contributed by atoms with Crippen molar-refractivity contribution in [3.05, 3.63) is 48.0 Å². The van der Waals surface area contributed by atoms with E-state index in [4.69, 9.17) is 5.11 Å². The summed E-state index contributed by atoms with van der Waals surface area (Å²) in [6, 6.07) is 6.60. The minimum atomic E-state index is -3.74. The molecule has 5 nitrogen and oxygen atoms in total. The molecule has 2 aromatic rings. The van der Waals surface area contributed by atoms with Crippen LogP contribution in [0.1, 0.15) is 5.69 Å². The van der Waals surface area contributed by atoms with Crippen LogP contribution in [0.5, 0.6) is 0 Å². The molecule has 1 heterocycles. The van der Waals surface area contributed by atoms with Crippen molar-refractivity contribution in [2.75, 3.05) is 11.4 Å². The lowest BCUT2D eigenvalue weighted by molar-refractivity contribution is 0.272. The normalized spacial score (nSPS) is 11.6. The van der Waals surface area contributed by atoms with Gasteiger partial charge in [-0.25, -0.2) is 12.8 Å². The van der Waals surface area contributed by atoms with E-state index in [0.717, 1.165) is 4.31 Å². The molecule has 0 unspecified atom stereocenters. The lowest BCUT2D eigenvalue weighted by Gasteiger charge is -2.18. The Morgan fingerprint density at radius 2 is 1.90 bits per heavy atom. The van der Waals surface area contributed by atoms with Gasteiger partial charge in [-0.05, 0) is 30.3 Å². The number of rotatable bonds is 4. The van der Waals surface area contributed by atoms with Crippen LogP contribution >= 0.6 is 0 Å². The van der Waals surface area contributed by atoms with E-state index >= 15 is 0 Å². The summed E-state index contributed by atoms with van der Waals surface area (Å²) < 4.78 is 40.4.